The average Bonchev–Trinajstić information content (AvgIpc) is 2.84. The number of nitrogens with zero attached hydrogens (tertiary/aromatic N) is 1. The van der Waals surface area contributed by atoms with E-state index in [1.165, 1.54) is 12.0 Å². The minimum atomic E-state index is -0.0704. The van der Waals surface area contributed by atoms with Crippen LogP contribution in [0.25, 0.3) is 0 Å². The predicted octanol–water partition coefficient (Wildman–Crippen LogP) is 1.50. The van der Waals surface area contributed by atoms with Gasteiger partial charge in [-0.2, -0.15) is 0 Å². The molecule has 1 aliphatic heterocycles. The van der Waals surface area contributed by atoms with Crippen LogP contribution < -0.4 is 11.1 Å². The van der Waals surface area contributed by atoms with Gasteiger partial charge in [-0.3, -0.25) is 9.69 Å². The summed E-state index contributed by atoms with van der Waals surface area (Å²) in [5.41, 5.74) is 6.97. The molecule has 0 radical (unpaired) electrons. The van der Waals surface area contributed by atoms with Crippen LogP contribution in [0, 0.1) is 0 Å². The molecule has 1 aliphatic rings. The Morgan fingerprint density at radius 2 is 2.20 bits per heavy atom. The lowest BCUT2D eigenvalue weighted by Gasteiger charge is -2.25. The zero-order valence-corrected chi connectivity index (χ0v) is 12.2. The van der Waals surface area contributed by atoms with Crippen molar-refractivity contribution in [2.45, 2.75) is 44.8 Å². The number of rotatable bonds is 6. The number of nitrogens with two attached hydrogens (primary N) is 1. The molecular weight excluding hydrogens is 250 g/mol. The normalized spacial score (nSPS) is 20.8. The van der Waals surface area contributed by atoms with Crippen molar-refractivity contribution in [1.29, 1.82) is 0 Å². The van der Waals surface area contributed by atoms with Crippen LogP contribution in [0.5, 0.6) is 0 Å². The van der Waals surface area contributed by atoms with E-state index in [-0.39, 0.29) is 11.9 Å². The summed E-state index contributed by atoms with van der Waals surface area (Å²) in [4.78, 5) is 14.1. The molecule has 2 rings (SSSR count). The molecule has 1 saturated heterocycles. The van der Waals surface area contributed by atoms with Crippen molar-refractivity contribution in [1.82, 2.24) is 10.2 Å². The molecule has 1 aromatic carbocycles. The standard InChI is InChI=1S/C16H25N3O/c1-13(17)10-16(20)18-11-15-8-5-9-19(15)12-14-6-3-2-4-7-14/h2-4,6-7,13,15H,5,8-12,17H2,1H3,(H,18,20). The molecule has 4 nitrogen and oxygen atoms in total. The first kappa shape index (κ1) is 15.0. The Morgan fingerprint density at radius 1 is 1.45 bits per heavy atom. The van der Waals surface area contributed by atoms with Crippen molar-refractivity contribution in [2.75, 3.05) is 13.1 Å². The highest BCUT2D eigenvalue weighted by atomic mass is 16.1. The van der Waals surface area contributed by atoms with Gasteiger partial charge in [-0.25, -0.2) is 0 Å². The number of hydrogen-bond donors (Lipinski definition) is 2. The second-order valence-corrected chi connectivity index (χ2v) is 5.74. The van der Waals surface area contributed by atoms with Crippen LogP contribution in [0.15, 0.2) is 30.3 Å². The topological polar surface area (TPSA) is 58.4 Å². The zero-order chi connectivity index (χ0) is 14.4. The summed E-state index contributed by atoms with van der Waals surface area (Å²) < 4.78 is 0. The highest BCUT2D eigenvalue weighted by Gasteiger charge is 2.24. The molecule has 0 saturated carbocycles. The van der Waals surface area contributed by atoms with E-state index < -0.39 is 0 Å². The van der Waals surface area contributed by atoms with Crippen molar-refractivity contribution in [3.05, 3.63) is 35.9 Å². The van der Waals surface area contributed by atoms with Crippen LogP contribution >= 0.6 is 0 Å². The highest BCUT2D eigenvalue weighted by molar-refractivity contribution is 5.76. The molecule has 0 spiro atoms. The Hall–Kier alpha value is -1.39. The Bertz CT molecular complexity index is 419. The third kappa shape index (κ3) is 4.62. The number of carbonyl (C=O) groups is 1. The number of amides is 1. The molecule has 1 fully saturated rings. The molecule has 110 valence electrons. The fraction of sp³-hybridized carbons (Fsp3) is 0.562. The molecule has 4 heteroatoms. The molecule has 20 heavy (non-hydrogen) atoms. The van der Waals surface area contributed by atoms with Gasteiger partial charge in [-0.15, -0.1) is 0 Å². The molecule has 0 aliphatic carbocycles. The maximum Gasteiger partial charge on any atom is 0.221 e. The Balaban J connectivity index is 1.80. The van der Waals surface area contributed by atoms with Gasteiger partial charge in [0, 0.05) is 31.6 Å². The molecule has 0 aromatic heterocycles. The number of carbonyl (C=O) groups excluding carboxylic acids is 1. The number of likely N-dealkylation sites (tertiary alicyclic amines) is 1. The molecule has 1 heterocycles. The van der Waals surface area contributed by atoms with Crippen molar-refractivity contribution in [2.24, 2.45) is 5.73 Å². The third-order valence-corrected chi connectivity index (χ3v) is 3.77. The average molecular weight is 275 g/mol. The molecule has 2 unspecified atom stereocenters. The number of hydrogen-bond acceptors (Lipinski definition) is 3. The maximum atomic E-state index is 11.7. The van der Waals surface area contributed by atoms with Gasteiger partial charge >= 0.3 is 0 Å². The largest absolute Gasteiger partial charge is 0.354 e. The van der Waals surface area contributed by atoms with E-state index >= 15 is 0 Å². The summed E-state index contributed by atoms with van der Waals surface area (Å²) >= 11 is 0. The van der Waals surface area contributed by atoms with Gasteiger partial charge in [0.05, 0.1) is 0 Å². The SMILES string of the molecule is CC(N)CC(=O)NCC1CCCN1Cc1ccccc1. The van der Waals surface area contributed by atoms with Crippen molar-refractivity contribution in [3.8, 4) is 0 Å². The van der Waals surface area contributed by atoms with E-state index in [1.807, 2.05) is 13.0 Å². The second-order valence-electron chi connectivity index (χ2n) is 5.74. The van der Waals surface area contributed by atoms with Gasteiger partial charge < -0.3 is 11.1 Å². The van der Waals surface area contributed by atoms with Crippen LogP contribution in [0.3, 0.4) is 0 Å². The minimum Gasteiger partial charge on any atom is -0.354 e. The van der Waals surface area contributed by atoms with Crippen molar-refractivity contribution in [3.63, 3.8) is 0 Å². The van der Waals surface area contributed by atoms with Crippen molar-refractivity contribution < 1.29 is 4.79 Å². The Labute approximate surface area is 121 Å². The summed E-state index contributed by atoms with van der Waals surface area (Å²) in [5, 5.41) is 3.01. The summed E-state index contributed by atoms with van der Waals surface area (Å²) in [5.74, 6) is 0.0616. The molecule has 0 bridgehead atoms. The first-order valence-corrected chi connectivity index (χ1v) is 7.45. The van der Waals surface area contributed by atoms with Crippen LogP contribution in [-0.4, -0.2) is 36.0 Å². The van der Waals surface area contributed by atoms with Crippen LogP contribution in [-0.2, 0) is 11.3 Å². The molecule has 3 N–H and O–H groups in total. The lowest BCUT2D eigenvalue weighted by atomic mass is 10.1. The van der Waals surface area contributed by atoms with E-state index in [0.717, 1.165) is 26.1 Å². The lowest BCUT2D eigenvalue weighted by Crippen LogP contribution is -2.41. The molecule has 1 amide bonds. The molecule has 1 aromatic rings. The first-order valence-electron chi connectivity index (χ1n) is 7.45. The van der Waals surface area contributed by atoms with Gasteiger partial charge in [0.15, 0.2) is 0 Å². The monoisotopic (exact) mass is 275 g/mol. The molecular formula is C16H25N3O. The van der Waals surface area contributed by atoms with E-state index in [1.54, 1.807) is 0 Å². The number of nitrogens with one attached hydrogen (secondary N) is 1. The smallest absolute Gasteiger partial charge is 0.221 e. The number of benzene rings is 1. The van der Waals surface area contributed by atoms with E-state index in [2.05, 4.69) is 34.5 Å². The fourth-order valence-electron chi connectivity index (χ4n) is 2.75. The van der Waals surface area contributed by atoms with Crippen LogP contribution in [0.1, 0.15) is 31.7 Å². The third-order valence-electron chi connectivity index (χ3n) is 3.77. The Morgan fingerprint density at radius 3 is 2.90 bits per heavy atom. The summed E-state index contributed by atoms with van der Waals surface area (Å²) in [6.07, 6.45) is 2.78. The van der Waals surface area contributed by atoms with Gasteiger partial charge in [0.2, 0.25) is 5.91 Å². The van der Waals surface area contributed by atoms with Gasteiger partial charge in [0.25, 0.3) is 0 Å². The van der Waals surface area contributed by atoms with Crippen molar-refractivity contribution >= 4 is 5.91 Å². The summed E-state index contributed by atoms with van der Waals surface area (Å²) in [6.45, 7) is 4.67. The zero-order valence-electron chi connectivity index (χ0n) is 12.2. The van der Waals surface area contributed by atoms with E-state index in [0.29, 0.717) is 12.5 Å². The highest BCUT2D eigenvalue weighted by Crippen LogP contribution is 2.19. The molecule has 2 atom stereocenters. The van der Waals surface area contributed by atoms with Gasteiger partial charge in [-0.1, -0.05) is 30.3 Å². The van der Waals surface area contributed by atoms with E-state index in [9.17, 15) is 4.79 Å². The lowest BCUT2D eigenvalue weighted by molar-refractivity contribution is -0.121. The first-order chi connectivity index (χ1) is 9.65. The Kier molecular flexibility index (Phi) is 5.56. The summed E-state index contributed by atoms with van der Waals surface area (Å²) in [7, 11) is 0. The second kappa shape index (κ2) is 7.41. The van der Waals surface area contributed by atoms with Crippen LogP contribution in [0.4, 0.5) is 0 Å². The van der Waals surface area contributed by atoms with E-state index in [4.69, 9.17) is 5.73 Å². The summed E-state index contributed by atoms with van der Waals surface area (Å²) in [6, 6.07) is 10.9. The van der Waals surface area contributed by atoms with Gasteiger partial charge in [0.1, 0.15) is 0 Å². The van der Waals surface area contributed by atoms with Gasteiger partial charge in [-0.05, 0) is 31.9 Å². The quantitative estimate of drug-likeness (QED) is 0.827. The predicted molar refractivity (Wildman–Crippen MR) is 81.2 cm³/mol. The maximum absolute atomic E-state index is 11.7. The van der Waals surface area contributed by atoms with Crippen LogP contribution in [0.2, 0.25) is 0 Å². The minimum absolute atomic E-state index is 0.0616. The fourth-order valence-corrected chi connectivity index (χ4v) is 2.75.